The first-order chi connectivity index (χ1) is 8.71. The van der Waals surface area contributed by atoms with Crippen molar-refractivity contribution in [2.75, 3.05) is 0 Å². The van der Waals surface area contributed by atoms with Crippen LogP contribution >= 0.6 is 11.6 Å². The van der Waals surface area contributed by atoms with E-state index in [0.717, 1.165) is 5.56 Å². The number of nitrogens with one attached hydrogen (secondary N) is 1. The first-order valence-corrected chi connectivity index (χ1v) is 6.25. The lowest BCUT2D eigenvalue weighted by atomic mass is 9.86. The highest BCUT2D eigenvalue weighted by Crippen LogP contribution is 2.34. The molecule has 0 bridgehead atoms. The number of aromatic nitrogens is 1. The standard InChI is InChI=1S/C14H15ClN2O2/c1-14(2,3)9-4-7-8(12(18)13(16)19)6-17-11(7)5-10(9)15/h4-6,17H,1-3H3,(H2,16,19). The van der Waals surface area contributed by atoms with Crippen molar-refractivity contribution in [3.05, 3.63) is 34.5 Å². The summed E-state index contributed by atoms with van der Waals surface area (Å²) in [7, 11) is 0. The average molecular weight is 279 g/mol. The lowest BCUT2D eigenvalue weighted by Crippen LogP contribution is -2.22. The summed E-state index contributed by atoms with van der Waals surface area (Å²) in [5.74, 6) is -1.67. The molecule has 19 heavy (non-hydrogen) atoms. The van der Waals surface area contributed by atoms with E-state index in [-0.39, 0.29) is 11.0 Å². The summed E-state index contributed by atoms with van der Waals surface area (Å²) >= 11 is 6.24. The number of primary amides is 1. The predicted octanol–water partition coefficient (Wildman–Crippen LogP) is 2.79. The Bertz CT molecular complexity index is 681. The Balaban J connectivity index is 2.72. The van der Waals surface area contributed by atoms with Crippen molar-refractivity contribution in [2.24, 2.45) is 5.73 Å². The van der Waals surface area contributed by atoms with E-state index < -0.39 is 11.7 Å². The summed E-state index contributed by atoms with van der Waals surface area (Å²) in [5, 5.41) is 1.29. The highest BCUT2D eigenvalue weighted by Gasteiger charge is 2.22. The third kappa shape index (κ3) is 2.36. The van der Waals surface area contributed by atoms with Crippen molar-refractivity contribution in [3.8, 4) is 0 Å². The largest absolute Gasteiger partial charge is 0.363 e. The van der Waals surface area contributed by atoms with E-state index in [0.29, 0.717) is 15.9 Å². The molecular weight excluding hydrogens is 264 g/mol. The van der Waals surface area contributed by atoms with Crippen LogP contribution in [0.5, 0.6) is 0 Å². The van der Waals surface area contributed by atoms with Gasteiger partial charge in [0.15, 0.2) is 0 Å². The van der Waals surface area contributed by atoms with E-state index in [4.69, 9.17) is 17.3 Å². The van der Waals surface area contributed by atoms with E-state index in [2.05, 4.69) is 4.98 Å². The van der Waals surface area contributed by atoms with Crippen LogP contribution in [0, 0.1) is 0 Å². The maximum atomic E-state index is 11.7. The zero-order valence-corrected chi connectivity index (χ0v) is 11.8. The smallest absolute Gasteiger partial charge is 0.289 e. The van der Waals surface area contributed by atoms with Crippen molar-refractivity contribution in [1.29, 1.82) is 0 Å². The van der Waals surface area contributed by atoms with Gasteiger partial charge in [-0.3, -0.25) is 9.59 Å². The van der Waals surface area contributed by atoms with Gasteiger partial charge in [0.05, 0.1) is 5.56 Å². The van der Waals surface area contributed by atoms with Gasteiger partial charge in [0.25, 0.3) is 11.7 Å². The molecule has 0 fully saturated rings. The SMILES string of the molecule is CC(C)(C)c1cc2c(C(=O)C(N)=O)c[nH]c2cc1Cl. The summed E-state index contributed by atoms with van der Waals surface area (Å²) in [4.78, 5) is 25.7. The van der Waals surface area contributed by atoms with Crippen molar-refractivity contribution in [2.45, 2.75) is 26.2 Å². The molecule has 0 aliphatic rings. The molecule has 0 aliphatic carbocycles. The maximum absolute atomic E-state index is 11.7. The van der Waals surface area contributed by atoms with Gasteiger partial charge in [-0.25, -0.2) is 0 Å². The van der Waals surface area contributed by atoms with Crippen molar-refractivity contribution in [1.82, 2.24) is 4.98 Å². The molecule has 1 heterocycles. The fourth-order valence-electron chi connectivity index (χ4n) is 2.04. The Morgan fingerprint density at radius 1 is 1.26 bits per heavy atom. The number of H-pyrrole nitrogens is 1. The Kier molecular flexibility index (Phi) is 3.14. The van der Waals surface area contributed by atoms with E-state index in [9.17, 15) is 9.59 Å². The highest BCUT2D eigenvalue weighted by molar-refractivity contribution is 6.44. The quantitative estimate of drug-likeness (QED) is 0.655. The number of carbonyl (C=O) groups excluding carboxylic acids is 2. The number of rotatable bonds is 2. The molecule has 5 heteroatoms. The predicted molar refractivity (Wildman–Crippen MR) is 75.5 cm³/mol. The van der Waals surface area contributed by atoms with Gasteiger partial charge in [0.1, 0.15) is 0 Å². The molecular formula is C14H15ClN2O2. The molecule has 2 aromatic rings. The molecule has 0 atom stereocenters. The number of benzene rings is 1. The first-order valence-electron chi connectivity index (χ1n) is 5.87. The van der Waals surface area contributed by atoms with Crippen molar-refractivity contribution < 1.29 is 9.59 Å². The van der Waals surface area contributed by atoms with E-state index >= 15 is 0 Å². The fourth-order valence-corrected chi connectivity index (χ4v) is 2.49. The Hall–Kier alpha value is -1.81. The minimum atomic E-state index is -0.965. The number of fused-ring (bicyclic) bond motifs is 1. The van der Waals surface area contributed by atoms with Crippen LogP contribution in [-0.4, -0.2) is 16.7 Å². The second kappa shape index (κ2) is 4.38. The molecule has 3 N–H and O–H groups in total. The van der Waals surface area contributed by atoms with Crippen LogP contribution in [0.1, 0.15) is 36.7 Å². The monoisotopic (exact) mass is 278 g/mol. The summed E-state index contributed by atoms with van der Waals surface area (Å²) in [6, 6.07) is 3.60. The van der Waals surface area contributed by atoms with Crippen LogP contribution in [0.15, 0.2) is 18.3 Å². The summed E-state index contributed by atoms with van der Waals surface area (Å²) in [6.07, 6.45) is 1.49. The van der Waals surface area contributed by atoms with Gasteiger partial charge in [-0.05, 0) is 23.1 Å². The number of ketones is 1. The van der Waals surface area contributed by atoms with Crippen molar-refractivity contribution in [3.63, 3.8) is 0 Å². The van der Waals surface area contributed by atoms with Crippen LogP contribution in [0.25, 0.3) is 10.9 Å². The number of nitrogens with two attached hydrogens (primary N) is 1. The normalized spacial score (nSPS) is 11.8. The van der Waals surface area contributed by atoms with Gasteiger partial charge in [-0.2, -0.15) is 0 Å². The third-order valence-electron chi connectivity index (χ3n) is 3.05. The molecule has 0 unspecified atom stereocenters. The lowest BCUT2D eigenvalue weighted by Gasteiger charge is -2.20. The number of amides is 1. The Morgan fingerprint density at radius 3 is 2.42 bits per heavy atom. The first kappa shape index (κ1) is 13.6. The van der Waals surface area contributed by atoms with Gasteiger partial charge in [0, 0.05) is 22.1 Å². The second-order valence-electron chi connectivity index (χ2n) is 5.52. The summed E-state index contributed by atoms with van der Waals surface area (Å²) < 4.78 is 0. The topological polar surface area (TPSA) is 76.0 Å². The van der Waals surface area contributed by atoms with Crippen LogP contribution in [0.2, 0.25) is 5.02 Å². The number of hydrogen-bond donors (Lipinski definition) is 2. The zero-order chi connectivity index (χ0) is 14.4. The van der Waals surface area contributed by atoms with Gasteiger partial charge in [-0.1, -0.05) is 32.4 Å². The molecule has 2 rings (SSSR count). The zero-order valence-electron chi connectivity index (χ0n) is 11.0. The van der Waals surface area contributed by atoms with Crippen LogP contribution in [-0.2, 0) is 10.2 Å². The molecule has 100 valence electrons. The van der Waals surface area contributed by atoms with E-state index in [1.54, 1.807) is 6.07 Å². The number of carbonyl (C=O) groups is 2. The van der Waals surface area contributed by atoms with Gasteiger partial charge in [0.2, 0.25) is 0 Å². The van der Waals surface area contributed by atoms with Gasteiger partial charge < -0.3 is 10.7 Å². The van der Waals surface area contributed by atoms with Gasteiger partial charge >= 0.3 is 0 Å². The molecule has 1 aromatic carbocycles. The summed E-state index contributed by atoms with van der Waals surface area (Å²) in [6.45, 7) is 6.09. The van der Waals surface area contributed by atoms with Crippen LogP contribution in [0.4, 0.5) is 0 Å². The molecule has 0 aliphatic heterocycles. The second-order valence-corrected chi connectivity index (χ2v) is 5.93. The maximum Gasteiger partial charge on any atom is 0.289 e. The van der Waals surface area contributed by atoms with Gasteiger partial charge in [-0.15, -0.1) is 0 Å². The molecule has 1 aromatic heterocycles. The number of hydrogen-bond acceptors (Lipinski definition) is 2. The minimum Gasteiger partial charge on any atom is -0.363 e. The molecule has 0 saturated carbocycles. The number of aromatic amines is 1. The summed E-state index contributed by atoms with van der Waals surface area (Å²) in [5.41, 5.74) is 6.80. The van der Waals surface area contributed by atoms with Crippen LogP contribution in [0.3, 0.4) is 0 Å². The van der Waals surface area contributed by atoms with Crippen molar-refractivity contribution >= 4 is 34.2 Å². The molecule has 0 saturated heterocycles. The average Bonchev–Trinajstić information content (AvgIpc) is 2.67. The molecule has 4 nitrogen and oxygen atoms in total. The fraction of sp³-hybridized carbons (Fsp3) is 0.286. The Labute approximate surface area is 115 Å². The van der Waals surface area contributed by atoms with Crippen LogP contribution < -0.4 is 5.73 Å². The highest BCUT2D eigenvalue weighted by atomic mass is 35.5. The number of halogens is 1. The molecule has 1 amide bonds. The third-order valence-corrected chi connectivity index (χ3v) is 3.36. The lowest BCUT2D eigenvalue weighted by molar-refractivity contribution is -0.114. The Morgan fingerprint density at radius 2 is 1.89 bits per heavy atom. The van der Waals surface area contributed by atoms with E-state index in [1.807, 2.05) is 26.8 Å². The van der Waals surface area contributed by atoms with E-state index in [1.165, 1.54) is 6.20 Å². The molecule has 0 radical (unpaired) electrons. The number of Topliss-reactive ketones (excluding diaryl/α,β-unsaturated/α-hetero) is 1. The molecule has 0 spiro atoms. The minimum absolute atomic E-state index is 0.157.